The number of rotatable bonds is 6. The second-order valence-corrected chi connectivity index (χ2v) is 3.80. The lowest BCUT2D eigenvalue weighted by Crippen LogP contribution is -1.99. The van der Waals surface area contributed by atoms with E-state index < -0.39 is 0 Å². The molecule has 0 amide bonds. The van der Waals surface area contributed by atoms with Gasteiger partial charge < -0.3 is 9.90 Å². The van der Waals surface area contributed by atoms with Gasteiger partial charge in [-0.1, -0.05) is 24.3 Å². The monoisotopic (exact) mass is 206 g/mol. The molecule has 0 atom stereocenters. The first-order chi connectivity index (χ1) is 7.24. The Kier molecular flexibility index (Phi) is 5.05. The van der Waals surface area contributed by atoms with Crippen molar-refractivity contribution in [1.29, 1.82) is 0 Å². The molecule has 1 rings (SSSR count). The van der Waals surface area contributed by atoms with Crippen LogP contribution in [0.15, 0.2) is 24.3 Å². The summed E-state index contributed by atoms with van der Waals surface area (Å²) in [4.78, 5) is 10.8. The molecule has 0 saturated carbocycles. The minimum absolute atomic E-state index is 0.184. The molecule has 2 nitrogen and oxygen atoms in total. The van der Waals surface area contributed by atoms with Crippen LogP contribution in [0.3, 0.4) is 0 Å². The van der Waals surface area contributed by atoms with Crippen LogP contribution in [0, 0.1) is 0 Å². The Morgan fingerprint density at radius 1 is 1.20 bits per heavy atom. The summed E-state index contributed by atoms with van der Waals surface area (Å²) in [5.74, 6) is 0.245. The molecular formula is C13H18O2. The lowest BCUT2D eigenvalue weighted by molar-refractivity contribution is -0.117. The van der Waals surface area contributed by atoms with E-state index in [1.165, 1.54) is 11.1 Å². The molecule has 0 radical (unpaired) electrons. The predicted molar refractivity (Wildman–Crippen MR) is 60.9 cm³/mol. The van der Waals surface area contributed by atoms with Crippen molar-refractivity contribution in [2.75, 3.05) is 6.61 Å². The third-order valence-electron chi connectivity index (χ3n) is 2.47. The highest BCUT2D eigenvalue weighted by Gasteiger charge is 2.01. The molecule has 0 heterocycles. The smallest absolute Gasteiger partial charge is 0.129 e. The fourth-order valence-electron chi connectivity index (χ4n) is 1.69. The maximum Gasteiger partial charge on any atom is 0.129 e. The van der Waals surface area contributed by atoms with Crippen molar-refractivity contribution in [3.63, 3.8) is 0 Å². The van der Waals surface area contributed by atoms with E-state index in [1.54, 1.807) is 6.92 Å². The normalized spacial score (nSPS) is 10.3. The Morgan fingerprint density at radius 3 is 2.33 bits per heavy atom. The highest BCUT2D eigenvalue weighted by molar-refractivity contribution is 5.75. The molecule has 1 aromatic carbocycles. The van der Waals surface area contributed by atoms with Crippen LogP contribution in [0.5, 0.6) is 0 Å². The molecule has 0 aliphatic carbocycles. The first-order valence-electron chi connectivity index (χ1n) is 5.41. The number of carbonyl (C=O) groups excluding carboxylic acids is 1. The largest absolute Gasteiger partial charge is 0.396 e. The number of carbonyl (C=O) groups is 1. The van der Waals surface area contributed by atoms with Crippen molar-refractivity contribution in [2.24, 2.45) is 0 Å². The minimum Gasteiger partial charge on any atom is -0.396 e. The molecule has 82 valence electrons. The zero-order valence-corrected chi connectivity index (χ0v) is 9.20. The number of aliphatic hydroxyl groups is 1. The van der Waals surface area contributed by atoms with Gasteiger partial charge in [-0.05, 0) is 37.3 Å². The van der Waals surface area contributed by atoms with Gasteiger partial charge in [-0.2, -0.15) is 0 Å². The van der Waals surface area contributed by atoms with Gasteiger partial charge in [-0.15, -0.1) is 0 Å². The molecule has 0 saturated heterocycles. The standard InChI is InChI=1S/C13H18O2/c1-11(15)5-4-8-12-6-2-3-7-13(12)9-10-14/h2-3,6-7,14H,4-5,8-10H2,1H3. The summed E-state index contributed by atoms with van der Waals surface area (Å²) >= 11 is 0. The van der Waals surface area contributed by atoms with Gasteiger partial charge >= 0.3 is 0 Å². The van der Waals surface area contributed by atoms with E-state index in [0.29, 0.717) is 12.8 Å². The maximum atomic E-state index is 10.8. The van der Waals surface area contributed by atoms with Crippen molar-refractivity contribution in [1.82, 2.24) is 0 Å². The zero-order chi connectivity index (χ0) is 11.1. The number of aryl methyl sites for hydroxylation is 1. The second kappa shape index (κ2) is 6.36. The van der Waals surface area contributed by atoms with Crippen LogP contribution in [0.25, 0.3) is 0 Å². The maximum absolute atomic E-state index is 10.8. The van der Waals surface area contributed by atoms with Crippen LogP contribution in [0.4, 0.5) is 0 Å². The minimum atomic E-state index is 0.184. The molecule has 0 spiro atoms. The van der Waals surface area contributed by atoms with Crippen molar-refractivity contribution in [3.8, 4) is 0 Å². The first-order valence-corrected chi connectivity index (χ1v) is 5.41. The van der Waals surface area contributed by atoms with Crippen LogP contribution in [-0.4, -0.2) is 17.5 Å². The van der Waals surface area contributed by atoms with Gasteiger partial charge in [0.25, 0.3) is 0 Å². The van der Waals surface area contributed by atoms with Crippen LogP contribution in [0.2, 0.25) is 0 Å². The predicted octanol–water partition coefficient (Wildman–Crippen LogP) is 2.13. The van der Waals surface area contributed by atoms with E-state index in [1.807, 2.05) is 18.2 Å². The van der Waals surface area contributed by atoms with Gasteiger partial charge in [-0.25, -0.2) is 0 Å². The zero-order valence-electron chi connectivity index (χ0n) is 9.20. The lowest BCUT2D eigenvalue weighted by atomic mass is 9.99. The fourth-order valence-corrected chi connectivity index (χ4v) is 1.69. The Hall–Kier alpha value is -1.15. The van der Waals surface area contributed by atoms with Crippen LogP contribution >= 0.6 is 0 Å². The van der Waals surface area contributed by atoms with Gasteiger partial charge in [0.2, 0.25) is 0 Å². The van der Waals surface area contributed by atoms with Crippen molar-refractivity contribution in [3.05, 3.63) is 35.4 Å². The Bertz CT molecular complexity index is 318. The van der Waals surface area contributed by atoms with Crippen LogP contribution < -0.4 is 0 Å². The van der Waals surface area contributed by atoms with Gasteiger partial charge in [-0.3, -0.25) is 0 Å². The van der Waals surface area contributed by atoms with Gasteiger partial charge in [0.05, 0.1) is 0 Å². The first kappa shape index (κ1) is 11.9. The summed E-state index contributed by atoms with van der Waals surface area (Å²) in [5, 5.41) is 8.90. The second-order valence-electron chi connectivity index (χ2n) is 3.80. The van der Waals surface area contributed by atoms with Crippen LogP contribution in [0.1, 0.15) is 30.9 Å². The molecule has 0 fully saturated rings. The highest BCUT2D eigenvalue weighted by Crippen LogP contribution is 2.12. The summed E-state index contributed by atoms with van der Waals surface area (Å²) in [6.45, 7) is 1.81. The van der Waals surface area contributed by atoms with Gasteiger partial charge in [0.15, 0.2) is 0 Å². The van der Waals surface area contributed by atoms with Crippen molar-refractivity contribution in [2.45, 2.75) is 32.6 Å². The van der Waals surface area contributed by atoms with E-state index in [9.17, 15) is 4.79 Å². The molecule has 2 heteroatoms. The number of hydrogen-bond acceptors (Lipinski definition) is 2. The number of aliphatic hydroxyl groups excluding tert-OH is 1. The molecule has 0 bridgehead atoms. The summed E-state index contributed by atoms with van der Waals surface area (Å²) in [6.07, 6.45) is 3.18. The third-order valence-corrected chi connectivity index (χ3v) is 2.47. The molecular weight excluding hydrogens is 188 g/mol. The molecule has 0 aromatic heterocycles. The Labute approximate surface area is 90.9 Å². The summed E-state index contributed by atoms with van der Waals surface area (Å²) in [5.41, 5.74) is 2.45. The van der Waals surface area contributed by atoms with E-state index in [0.717, 1.165) is 12.8 Å². The van der Waals surface area contributed by atoms with Crippen molar-refractivity contribution < 1.29 is 9.90 Å². The quantitative estimate of drug-likeness (QED) is 0.774. The summed E-state index contributed by atoms with van der Waals surface area (Å²) < 4.78 is 0. The molecule has 0 unspecified atom stereocenters. The summed E-state index contributed by atoms with van der Waals surface area (Å²) in [6, 6.07) is 8.11. The van der Waals surface area contributed by atoms with Crippen LogP contribution in [-0.2, 0) is 17.6 Å². The molecule has 15 heavy (non-hydrogen) atoms. The van der Waals surface area contributed by atoms with E-state index in [4.69, 9.17) is 5.11 Å². The SMILES string of the molecule is CC(=O)CCCc1ccccc1CCO. The topological polar surface area (TPSA) is 37.3 Å². The Balaban J connectivity index is 2.55. The molecule has 1 N–H and O–H groups in total. The summed E-state index contributed by atoms with van der Waals surface area (Å²) in [7, 11) is 0. The molecule has 0 aliphatic heterocycles. The molecule has 0 aliphatic rings. The lowest BCUT2D eigenvalue weighted by Gasteiger charge is -2.07. The number of Topliss-reactive ketones (excluding diaryl/α,β-unsaturated/α-hetero) is 1. The van der Waals surface area contributed by atoms with E-state index >= 15 is 0 Å². The fraction of sp³-hybridized carbons (Fsp3) is 0.462. The highest BCUT2D eigenvalue weighted by atomic mass is 16.2. The van der Waals surface area contributed by atoms with Gasteiger partial charge in [0, 0.05) is 13.0 Å². The van der Waals surface area contributed by atoms with Gasteiger partial charge in [0.1, 0.15) is 5.78 Å². The average Bonchev–Trinajstić information content (AvgIpc) is 2.20. The number of ketones is 1. The Morgan fingerprint density at radius 2 is 1.80 bits per heavy atom. The third kappa shape index (κ3) is 4.26. The molecule has 1 aromatic rings. The number of hydrogen-bond donors (Lipinski definition) is 1. The van der Waals surface area contributed by atoms with Crippen molar-refractivity contribution >= 4 is 5.78 Å². The van der Waals surface area contributed by atoms with E-state index in [-0.39, 0.29) is 12.4 Å². The van der Waals surface area contributed by atoms with E-state index in [2.05, 4.69) is 6.07 Å². The average molecular weight is 206 g/mol. The number of benzene rings is 1.